The van der Waals surface area contributed by atoms with Crippen LogP contribution in [0.3, 0.4) is 0 Å². The topological polar surface area (TPSA) is 75.9 Å². The van der Waals surface area contributed by atoms with Crippen molar-refractivity contribution < 1.29 is 27.6 Å². The fourth-order valence-electron chi connectivity index (χ4n) is 2.79. The van der Waals surface area contributed by atoms with Crippen LogP contribution >= 0.6 is 0 Å². The van der Waals surface area contributed by atoms with Crippen molar-refractivity contribution in [2.75, 3.05) is 37.7 Å². The fraction of sp³-hybridized carbons (Fsp3) is 0.562. The Morgan fingerprint density at radius 1 is 1.31 bits per heavy atom. The minimum absolute atomic E-state index is 0.0945. The smallest absolute Gasteiger partial charge is 0.390 e. The maximum absolute atomic E-state index is 12.4. The molecule has 26 heavy (non-hydrogen) atoms. The van der Waals surface area contributed by atoms with Crippen molar-refractivity contribution in [2.45, 2.75) is 25.7 Å². The van der Waals surface area contributed by atoms with Gasteiger partial charge in [-0.3, -0.25) is 15.0 Å². The number of piperazine rings is 1. The standard InChI is InChI=1S/C16H20F3N3O4/c1-2-26-15(23)12-3-5-13(6-4-12)21-10-9-20(8-7-16(17,18)19)11-14(21)22(24)25/h3-6,14H,2,7-11H2,1H3. The number of carbonyl (C=O) groups excluding carboxylic acids is 1. The first-order chi connectivity index (χ1) is 12.2. The lowest BCUT2D eigenvalue weighted by Crippen LogP contribution is -2.57. The summed E-state index contributed by atoms with van der Waals surface area (Å²) in [5, 5.41) is 11.4. The van der Waals surface area contributed by atoms with Gasteiger partial charge in [-0.2, -0.15) is 13.2 Å². The number of esters is 1. The van der Waals surface area contributed by atoms with Gasteiger partial charge in [0.15, 0.2) is 0 Å². The number of carbonyl (C=O) groups is 1. The van der Waals surface area contributed by atoms with Crippen LogP contribution in [0.4, 0.5) is 18.9 Å². The predicted molar refractivity (Wildman–Crippen MR) is 87.6 cm³/mol. The average Bonchev–Trinajstić information content (AvgIpc) is 2.59. The Labute approximate surface area is 148 Å². The number of benzene rings is 1. The Balaban J connectivity index is 2.07. The van der Waals surface area contributed by atoms with Gasteiger partial charge in [0.25, 0.3) is 6.17 Å². The first kappa shape index (κ1) is 20.0. The quantitative estimate of drug-likeness (QED) is 0.432. The van der Waals surface area contributed by atoms with Crippen molar-refractivity contribution in [2.24, 2.45) is 0 Å². The Hall–Kier alpha value is -2.36. The predicted octanol–water partition coefficient (Wildman–Crippen LogP) is 2.54. The van der Waals surface area contributed by atoms with E-state index in [0.717, 1.165) is 0 Å². The van der Waals surface area contributed by atoms with Crippen molar-refractivity contribution in [3.8, 4) is 0 Å². The van der Waals surface area contributed by atoms with Crippen molar-refractivity contribution in [1.82, 2.24) is 4.90 Å². The molecular formula is C16H20F3N3O4. The molecule has 1 unspecified atom stereocenters. The summed E-state index contributed by atoms with van der Waals surface area (Å²) in [5.41, 5.74) is 0.868. The van der Waals surface area contributed by atoms with Crippen molar-refractivity contribution in [3.63, 3.8) is 0 Å². The fourth-order valence-corrected chi connectivity index (χ4v) is 2.79. The highest BCUT2D eigenvalue weighted by molar-refractivity contribution is 5.89. The second kappa shape index (κ2) is 8.35. The zero-order chi connectivity index (χ0) is 19.3. The molecule has 0 saturated carbocycles. The Morgan fingerprint density at radius 2 is 1.96 bits per heavy atom. The van der Waals surface area contributed by atoms with Gasteiger partial charge in [0.2, 0.25) is 0 Å². The monoisotopic (exact) mass is 375 g/mol. The highest BCUT2D eigenvalue weighted by Gasteiger charge is 2.37. The van der Waals surface area contributed by atoms with Crippen LogP contribution in [0, 0.1) is 10.1 Å². The third kappa shape index (κ3) is 5.32. The van der Waals surface area contributed by atoms with Crippen molar-refractivity contribution >= 4 is 11.7 Å². The van der Waals surface area contributed by atoms with Crippen LogP contribution in [0.1, 0.15) is 23.7 Å². The summed E-state index contributed by atoms with van der Waals surface area (Å²) in [6.45, 7) is 2.09. The summed E-state index contributed by atoms with van der Waals surface area (Å²) < 4.78 is 42.0. The molecule has 1 aromatic rings. The minimum atomic E-state index is -4.29. The highest BCUT2D eigenvalue weighted by Crippen LogP contribution is 2.24. The van der Waals surface area contributed by atoms with E-state index < -0.39 is 29.7 Å². The van der Waals surface area contributed by atoms with E-state index in [9.17, 15) is 28.1 Å². The lowest BCUT2D eigenvalue weighted by molar-refractivity contribution is -0.524. The molecule has 1 aromatic carbocycles. The van der Waals surface area contributed by atoms with Gasteiger partial charge >= 0.3 is 12.1 Å². The Kier molecular flexibility index (Phi) is 6.41. The van der Waals surface area contributed by atoms with Gasteiger partial charge in [-0.25, -0.2) is 4.79 Å². The van der Waals surface area contributed by atoms with Gasteiger partial charge in [0.1, 0.15) is 0 Å². The molecule has 1 aliphatic heterocycles. The van der Waals surface area contributed by atoms with E-state index in [4.69, 9.17) is 4.74 Å². The van der Waals surface area contributed by atoms with E-state index in [1.807, 2.05) is 0 Å². The molecule has 10 heteroatoms. The number of hydrogen-bond donors (Lipinski definition) is 0. The number of rotatable bonds is 6. The maximum Gasteiger partial charge on any atom is 0.390 e. The molecule has 7 nitrogen and oxygen atoms in total. The van der Waals surface area contributed by atoms with Gasteiger partial charge < -0.3 is 9.64 Å². The molecule has 0 spiro atoms. The molecular weight excluding hydrogens is 355 g/mol. The molecule has 1 aliphatic rings. The second-order valence-corrected chi connectivity index (χ2v) is 5.89. The minimum Gasteiger partial charge on any atom is -0.462 e. The van der Waals surface area contributed by atoms with Crippen molar-refractivity contribution in [1.29, 1.82) is 0 Å². The van der Waals surface area contributed by atoms with Crippen LogP contribution in [0.25, 0.3) is 0 Å². The van der Waals surface area contributed by atoms with Crippen LogP contribution < -0.4 is 4.90 Å². The molecule has 0 amide bonds. The van der Waals surface area contributed by atoms with E-state index in [1.54, 1.807) is 19.1 Å². The molecule has 1 saturated heterocycles. The molecule has 0 N–H and O–H groups in total. The summed E-state index contributed by atoms with van der Waals surface area (Å²) in [6, 6.07) is 6.18. The lowest BCUT2D eigenvalue weighted by Gasteiger charge is -2.37. The van der Waals surface area contributed by atoms with E-state index >= 15 is 0 Å². The van der Waals surface area contributed by atoms with E-state index in [-0.39, 0.29) is 26.2 Å². The normalized spacial score (nSPS) is 18.6. The number of halogens is 3. The third-order valence-electron chi connectivity index (χ3n) is 4.10. The van der Waals surface area contributed by atoms with Crippen LogP contribution in [-0.2, 0) is 4.74 Å². The molecule has 0 bridgehead atoms. The van der Waals surface area contributed by atoms with Gasteiger partial charge in [0, 0.05) is 30.2 Å². The van der Waals surface area contributed by atoms with Gasteiger partial charge in [0.05, 0.1) is 25.1 Å². The van der Waals surface area contributed by atoms with Crippen molar-refractivity contribution in [3.05, 3.63) is 39.9 Å². The summed E-state index contributed by atoms with van der Waals surface area (Å²) in [4.78, 5) is 25.5. The van der Waals surface area contributed by atoms with Crippen LogP contribution in [0.5, 0.6) is 0 Å². The summed E-state index contributed by atoms with van der Waals surface area (Å²) in [7, 11) is 0. The van der Waals surface area contributed by atoms with Crippen LogP contribution in [-0.4, -0.2) is 60.9 Å². The summed E-state index contributed by atoms with van der Waals surface area (Å²) in [5.74, 6) is -0.484. The van der Waals surface area contributed by atoms with Crippen LogP contribution in [0.15, 0.2) is 24.3 Å². The first-order valence-electron chi connectivity index (χ1n) is 8.17. The molecule has 2 rings (SSSR count). The zero-order valence-corrected chi connectivity index (χ0v) is 14.2. The van der Waals surface area contributed by atoms with Gasteiger partial charge in [-0.05, 0) is 31.2 Å². The number of hydrogen-bond acceptors (Lipinski definition) is 6. The molecule has 0 aliphatic carbocycles. The molecule has 144 valence electrons. The molecule has 0 aromatic heterocycles. The molecule has 1 heterocycles. The SMILES string of the molecule is CCOC(=O)c1ccc(N2CCN(CCC(F)(F)F)CC2[N+](=O)[O-])cc1. The van der Waals surface area contributed by atoms with Gasteiger partial charge in [-0.1, -0.05) is 0 Å². The van der Waals surface area contributed by atoms with E-state index in [0.29, 0.717) is 17.8 Å². The average molecular weight is 375 g/mol. The first-order valence-corrected chi connectivity index (χ1v) is 8.17. The third-order valence-corrected chi connectivity index (χ3v) is 4.10. The summed E-state index contributed by atoms with van der Waals surface area (Å²) in [6.07, 6.45) is -6.43. The maximum atomic E-state index is 12.4. The van der Waals surface area contributed by atoms with E-state index in [2.05, 4.69) is 0 Å². The number of anilines is 1. The van der Waals surface area contributed by atoms with Crippen LogP contribution in [0.2, 0.25) is 0 Å². The Bertz CT molecular complexity index is 637. The molecule has 1 atom stereocenters. The number of nitro groups is 1. The largest absolute Gasteiger partial charge is 0.462 e. The number of nitrogens with zero attached hydrogens (tertiary/aromatic N) is 3. The molecule has 1 fully saturated rings. The number of alkyl halides is 3. The van der Waals surface area contributed by atoms with Gasteiger partial charge in [-0.15, -0.1) is 0 Å². The highest BCUT2D eigenvalue weighted by atomic mass is 19.4. The van der Waals surface area contributed by atoms with E-state index in [1.165, 1.54) is 21.9 Å². The second-order valence-electron chi connectivity index (χ2n) is 5.89. The zero-order valence-electron chi connectivity index (χ0n) is 14.2. The lowest BCUT2D eigenvalue weighted by atomic mass is 10.1. The molecule has 0 radical (unpaired) electrons. The Morgan fingerprint density at radius 3 is 2.50 bits per heavy atom. The number of ether oxygens (including phenoxy) is 1. The summed E-state index contributed by atoms with van der Waals surface area (Å²) >= 11 is 0.